The van der Waals surface area contributed by atoms with Gasteiger partial charge in [0, 0.05) is 36.5 Å². The lowest BCUT2D eigenvalue weighted by molar-refractivity contribution is 0.0215. The van der Waals surface area contributed by atoms with Crippen molar-refractivity contribution < 1.29 is 18.8 Å². The van der Waals surface area contributed by atoms with Crippen molar-refractivity contribution in [2.45, 2.75) is 18.5 Å². The number of piperidine rings is 1. The Bertz CT molecular complexity index is 935. The highest BCUT2D eigenvalue weighted by Gasteiger charge is 2.44. The van der Waals surface area contributed by atoms with Crippen molar-refractivity contribution >= 4 is 29.3 Å². The van der Waals surface area contributed by atoms with Crippen LogP contribution in [0.1, 0.15) is 43.9 Å². The van der Waals surface area contributed by atoms with Gasteiger partial charge in [-0.3, -0.25) is 19.3 Å². The third-order valence-corrected chi connectivity index (χ3v) is 5.57. The largest absolute Gasteiger partial charge is 0.338 e. The van der Waals surface area contributed by atoms with Crippen molar-refractivity contribution in [3.63, 3.8) is 0 Å². The third kappa shape index (κ3) is 3.29. The summed E-state index contributed by atoms with van der Waals surface area (Å²) in [5.74, 6) is -1.13. The minimum atomic E-state index is -1.71. The number of amides is 3. The van der Waals surface area contributed by atoms with Crippen LogP contribution < -0.4 is 0 Å². The average Bonchev–Trinajstić information content (AvgIpc) is 2.93. The molecule has 2 aliphatic rings. The molecule has 2 aliphatic heterocycles. The van der Waals surface area contributed by atoms with Gasteiger partial charge in [0.1, 0.15) is 5.67 Å². The van der Waals surface area contributed by atoms with Gasteiger partial charge in [-0.05, 0) is 30.3 Å². The zero-order chi connectivity index (χ0) is 19.9. The number of benzene rings is 2. The molecule has 0 spiro atoms. The van der Waals surface area contributed by atoms with Crippen LogP contribution in [-0.4, -0.2) is 52.8 Å². The number of likely N-dealkylation sites (tertiary alicyclic amines) is 1. The van der Waals surface area contributed by atoms with Crippen LogP contribution in [-0.2, 0) is 0 Å². The van der Waals surface area contributed by atoms with E-state index < -0.39 is 17.5 Å². The first kappa shape index (κ1) is 18.6. The number of carbonyl (C=O) groups is 3. The number of carbonyl (C=O) groups excluding carboxylic acids is 3. The van der Waals surface area contributed by atoms with Crippen molar-refractivity contribution in [2.75, 3.05) is 19.6 Å². The number of imide groups is 1. The Kier molecular flexibility index (Phi) is 4.67. The van der Waals surface area contributed by atoms with Crippen molar-refractivity contribution in [1.82, 2.24) is 9.80 Å². The van der Waals surface area contributed by atoms with E-state index in [1.807, 2.05) is 0 Å². The molecule has 0 unspecified atom stereocenters. The smallest absolute Gasteiger partial charge is 0.261 e. The molecular weight excluding hydrogens is 383 g/mol. The summed E-state index contributed by atoms with van der Waals surface area (Å²) in [6.45, 7) is 0.134. The topological polar surface area (TPSA) is 57.7 Å². The molecule has 2 aromatic rings. The van der Waals surface area contributed by atoms with Gasteiger partial charge in [-0.15, -0.1) is 0 Å². The summed E-state index contributed by atoms with van der Waals surface area (Å²) in [5, 5.41) is 0.466. The molecule has 2 heterocycles. The van der Waals surface area contributed by atoms with Gasteiger partial charge >= 0.3 is 0 Å². The molecule has 0 bridgehead atoms. The van der Waals surface area contributed by atoms with Crippen LogP contribution in [0.2, 0.25) is 5.02 Å². The number of alkyl halides is 1. The molecule has 3 amide bonds. The number of nitrogens with zero attached hydrogens (tertiary/aromatic N) is 2. The van der Waals surface area contributed by atoms with Crippen LogP contribution in [0, 0.1) is 0 Å². The predicted molar refractivity (Wildman–Crippen MR) is 102 cm³/mol. The summed E-state index contributed by atoms with van der Waals surface area (Å²) in [6, 6.07) is 13.1. The summed E-state index contributed by atoms with van der Waals surface area (Å²) in [7, 11) is 0. The maximum Gasteiger partial charge on any atom is 0.261 e. The fourth-order valence-corrected chi connectivity index (χ4v) is 3.93. The summed E-state index contributed by atoms with van der Waals surface area (Å²) in [5.41, 5.74) is -0.632. The number of rotatable bonds is 3. The molecule has 4 rings (SSSR count). The lowest BCUT2D eigenvalue weighted by Gasteiger charge is -2.38. The highest BCUT2D eigenvalue weighted by molar-refractivity contribution is 6.31. The zero-order valence-corrected chi connectivity index (χ0v) is 15.8. The molecule has 5 nitrogen and oxygen atoms in total. The Morgan fingerprint density at radius 3 is 2.18 bits per heavy atom. The van der Waals surface area contributed by atoms with Crippen molar-refractivity contribution in [3.8, 4) is 0 Å². The van der Waals surface area contributed by atoms with Crippen molar-refractivity contribution in [3.05, 3.63) is 70.2 Å². The van der Waals surface area contributed by atoms with E-state index >= 15 is 4.39 Å². The fourth-order valence-electron chi connectivity index (χ4n) is 3.74. The summed E-state index contributed by atoms with van der Waals surface area (Å²) < 4.78 is 15.4. The van der Waals surface area contributed by atoms with E-state index in [-0.39, 0.29) is 38.4 Å². The third-order valence-electron chi connectivity index (χ3n) is 5.34. The second-order valence-electron chi connectivity index (χ2n) is 7.20. The Labute approximate surface area is 166 Å². The Hall–Kier alpha value is -2.73. The predicted octanol–water partition coefficient (Wildman–Crippen LogP) is 3.58. The maximum absolute atomic E-state index is 15.4. The lowest BCUT2D eigenvalue weighted by Crippen LogP contribution is -2.50. The van der Waals surface area contributed by atoms with Gasteiger partial charge in [0.25, 0.3) is 17.7 Å². The van der Waals surface area contributed by atoms with Gasteiger partial charge in [-0.25, -0.2) is 4.39 Å². The van der Waals surface area contributed by atoms with Crippen molar-refractivity contribution in [2.24, 2.45) is 0 Å². The second kappa shape index (κ2) is 7.02. The SMILES string of the molecule is O=C(c1cccc(Cl)c1)N1CCC(F)(CN2C(=O)c3ccccc3C2=O)CC1. The standard InChI is InChI=1S/C21H18ClFN2O3/c22-15-5-3-4-14(12-15)18(26)24-10-8-21(23,9-11-24)13-25-19(27)16-6-1-2-7-17(16)20(25)28/h1-7,12H,8-11,13H2. The van der Waals surface area contributed by atoms with Gasteiger partial charge in [-0.1, -0.05) is 29.8 Å². The van der Waals surface area contributed by atoms with Crippen LogP contribution in [0.4, 0.5) is 4.39 Å². The first-order valence-corrected chi connectivity index (χ1v) is 9.45. The quantitative estimate of drug-likeness (QED) is 0.740. The summed E-state index contributed by atoms with van der Waals surface area (Å²) in [4.78, 5) is 40.1. The fraction of sp³-hybridized carbons (Fsp3) is 0.286. The normalized spacial score (nSPS) is 18.4. The molecule has 7 heteroatoms. The van der Waals surface area contributed by atoms with E-state index in [4.69, 9.17) is 11.6 Å². The summed E-state index contributed by atoms with van der Waals surface area (Å²) >= 11 is 5.93. The lowest BCUT2D eigenvalue weighted by atomic mass is 9.92. The monoisotopic (exact) mass is 400 g/mol. The highest BCUT2D eigenvalue weighted by Crippen LogP contribution is 2.32. The van der Waals surface area contributed by atoms with E-state index in [2.05, 4.69) is 0 Å². The average molecular weight is 401 g/mol. The molecule has 0 N–H and O–H groups in total. The van der Waals surface area contributed by atoms with Crippen LogP contribution in [0.5, 0.6) is 0 Å². The second-order valence-corrected chi connectivity index (χ2v) is 7.63. The van der Waals surface area contributed by atoms with Gasteiger partial charge in [0.15, 0.2) is 0 Å². The zero-order valence-electron chi connectivity index (χ0n) is 15.0. The first-order valence-electron chi connectivity index (χ1n) is 9.07. The summed E-state index contributed by atoms with van der Waals surface area (Å²) in [6.07, 6.45) is 0.124. The van der Waals surface area contributed by atoms with Crippen molar-refractivity contribution in [1.29, 1.82) is 0 Å². The minimum absolute atomic E-state index is 0.0622. The van der Waals surface area contributed by atoms with Crippen LogP contribution in [0.15, 0.2) is 48.5 Å². The molecule has 0 saturated carbocycles. The molecular formula is C21H18ClFN2O3. The molecule has 2 aromatic carbocycles. The van der Waals surface area contributed by atoms with E-state index in [1.54, 1.807) is 53.4 Å². The molecule has 1 fully saturated rings. The van der Waals surface area contributed by atoms with Crippen LogP contribution >= 0.6 is 11.6 Å². The number of hydrogen-bond acceptors (Lipinski definition) is 3. The first-order chi connectivity index (χ1) is 13.4. The molecule has 0 aromatic heterocycles. The van der Waals surface area contributed by atoms with Gasteiger partial charge in [-0.2, -0.15) is 0 Å². The van der Waals surface area contributed by atoms with E-state index in [0.717, 1.165) is 4.90 Å². The molecule has 28 heavy (non-hydrogen) atoms. The number of hydrogen-bond donors (Lipinski definition) is 0. The van der Waals surface area contributed by atoms with E-state index in [1.165, 1.54) is 0 Å². The molecule has 0 atom stereocenters. The number of halogens is 2. The molecule has 0 radical (unpaired) electrons. The Morgan fingerprint density at radius 2 is 1.61 bits per heavy atom. The maximum atomic E-state index is 15.4. The highest BCUT2D eigenvalue weighted by atomic mass is 35.5. The molecule has 144 valence electrons. The Morgan fingerprint density at radius 1 is 1.00 bits per heavy atom. The van der Waals surface area contributed by atoms with E-state index in [9.17, 15) is 14.4 Å². The van der Waals surface area contributed by atoms with Gasteiger partial charge in [0.05, 0.1) is 17.7 Å². The van der Waals surface area contributed by atoms with E-state index in [0.29, 0.717) is 21.7 Å². The minimum Gasteiger partial charge on any atom is -0.338 e. The van der Waals surface area contributed by atoms with Gasteiger partial charge < -0.3 is 4.90 Å². The molecule has 0 aliphatic carbocycles. The van der Waals surface area contributed by atoms with Crippen LogP contribution in [0.3, 0.4) is 0 Å². The Balaban J connectivity index is 1.43. The number of fused-ring (bicyclic) bond motifs is 1. The molecule has 1 saturated heterocycles. The van der Waals surface area contributed by atoms with Gasteiger partial charge in [0.2, 0.25) is 0 Å². The van der Waals surface area contributed by atoms with Crippen LogP contribution in [0.25, 0.3) is 0 Å².